The zero-order valence-corrected chi connectivity index (χ0v) is 12.2. The molecule has 1 unspecified atom stereocenters. The quantitative estimate of drug-likeness (QED) is 0.880. The number of aromatic nitrogens is 1. The van der Waals surface area contributed by atoms with E-state index in [1.54, 1.807) is 13.0 Å². The van der Waals surface area contributed by atoms with Crippen LogP contribution in [0.3, 0.4) is 0 Å². The average Bonchev–Trinajstić information content (AvgIpc) is 2.80. The number of amides is 1. The molecule has 1 amide bonds. The Kier molecular flexibility index (Phi) is 4.90. The summed E-state index contributed by atoms with van der Waals surface area (Å²) in [6.07, 6.45) is -3.58. The van der Waals surface area contributed by atoms with Gasteiger partial charge in [-0.3, -0.25) is 14.5 Å². The molecule has 122 valence electrons. The highest BCUT2D eigenvalue weighted by molar-refractivity contribution is 5.94. The van der Waals surface area contributed by atoms with Gasteiger partial charge in [-0.15, -0.1) is 0 Å². The third kappa shape index (κ3) is 4.87. The van der Waals surface area contributed by atoms with Gasteiger partial charge in [0.1, 0.15) is 0 Å². The standard InChI is InChI=1S/C14H18F3N3O2/c1-9-4-11(5-12(21)19-9)13(22)18-6-10-2-3-20(7-10)8-14(15,16)17/h4-5,10H,2-3,6-8H2,1H3,(H,18,22)(H,19,21). The predicted molar refractivity (Wildman–Crippen MR) is 74.7 cm³/mol. The van der Waals surface area contributed by atoms with Gasteiger partial charge in [-0.05, 0) is 31.9 Å². The van der Waals surface area contributed by atoms with Crippen LogP contribution < -0.4 is 10.9 Å². The van der Waals surface area contributed by atoms with Gasteiger partial charge in [0, 0.05) is 30.4 Å². The van der Waals surface area contributed by atoms with Crippen LogP contribution in [0.5, 0.6) is 0 Å². The molecule has 22 heavy (non-hydrogen) atoms. The summed E-state index contributed by atoms with van der Waals surface area (Å²) in [6, 6.07) is 2.76. The second-order valence-electron chi connectivity index (χ2n) is 5.63. The smallest absolute Gasteiger partial charge is 0.352 e. The fourth-order valence-corrected chi connectivity index (χ4v) is 2.63. The molecular weight excluding hydrogens is 299 g/mol. The molecule has 0 spiro atoms. The summed E-state index contributed by atoms with van der Waals surface area (Å²) >= 11 is 0. The molecule has 1 aliphatic rings. The Morgan fingerprint density at radius 2 is 2.18 bits per heavy atom. The summed E-state index contributed by atoms with van der Waals surface area (Å²) in [5.41, 5.74) is 0.476. The Morgan fingerprint density at radius 3 is 2.82 bits per heavy atom. The lowest BCUT2D eigenvalue weighted by Gasteiger charge is -2.18. The van der Waals surface area contributed by atoms with Gasteiger partial charge in [-0.1, -0.05) is 0 Å². The lowest BCUT2D eigenvalue weighted by Crippen LogP contribution is -2.35. The van der Waals surface area contributed by atoms with E-state index in [9.17, 15) is 22.8 Å². The van der Waals surface area contributed by atoms with E-state index in [-0.39, 0.29) is 22.9 Å². The van der Waals surface area contributed by atoms with Gasteiger partial charge >= 0.3 is 6.18 Å². The van der Waals surface area contributed by atoms with Gasteiger partial charge < -0.3 is 10.3 Å². The fourth-order valence-electron chi connectivity index (χ4n) is 2.63. The number of likely N-dealkylation sites (tertiary alicyclic amines) is 1. The topological polar surface area (TPSA) is 65.2 Å². The number of nitrogens with one attached hydrogen (secondary N) is 2. The number of aromatic amines is 1. The van der Waals surface area contributed by atoms with Crippen LogP contribution in [0.15, 0.2) is 16.9 Å². The first-order chi connectivity index (χ1) is 10.2. The van der Waals surface area contributed by atoms with Crippen molar-refractivity contribution >= 4 is 5.91 Å². The Labute approximate surface area is 125 Å². The molecule has 0 radical (unpaired) electrons. The first kappa shape index (κ1) is 16.5. The van der Waals surface area contributed by atoms with Crippen LogP contribution in [-0.4, -0.2) is 48.1 Å². The van der Waals surface area contributed by atoms with Crippen molar-refractivity contribution in [3.05, 3.63) is 33.7 Å². The minimum Gasteiger partial charge on any atom is -0.352 e. The van der Waals surface area contributed by atoms with Crippen molar-refractivity contribution in [1.82, 2.24) is 15.2 Å². The van der Waals surface area contributed by atoms with Gasteiger partial charge in [0.15, 0.2) is 0 Å². The first-order valence-electron chi connectivity index (χ1n) is 7.01. The molecule has 1 saturated heterocycles. The van der Waals surface area contributed by atoms with Crippen LogP contribution >= 0.6 is 0 Å². The van der Waals surface area contributed by atoms with Crippen molar-refractivity contribution in [3.63, 3.8) is 0 Å². The number of carbonyl (C=O) groups excluding carboxylic acids is 1. The van der Waals surface area contributed by atoms with E-state index in [4.69, 9.17) is 0 Å². The second kappa shape index (κ2) is 6.51. The van der Waals surface area contributed by atoms with Crippen LogP contribution in [0, 0.1) is 12.8 Å². The molecule has 1 aliphatic heterocycles. The number of carbonyl (C=O) groups is 1. The van der Waals surface area contributed by atoms with Crippen molar-refractivity contribution in [2.24, 2.45) is 5.92 Å². The molecular formula is C14H18F3N3O2. The van der Waals surface area contributed by atoms with E-state index in [1.165, 1.54) is 11.0 Å². The zero-order valence-electron chi connectivity index (χ0n) is 12.2. The zero-order chi connectivity index (χ0) is 16.3. The molecule has 2 rings (SSSR count). The van der Waals surface area contributed by atoms with Gasteiger partial charge in [-0.2, -0.15) is 13.2 Å². The van der Waals surface area contributed by atoms with E-state index >= 15 is 0 Å². The molecule has 1 aromatic rings. The van der Waals surface area contributed by atoms with Gasteiger partial charge in [0.2, 0.25) is 5.56 Å². The maximum Gasteiger partial charge on any atom is 0.401 e. The molecule has 0 aliphatic carbocycles. The van der Waals surface area contributed by atoms with E-state index in [0.29, 0.717) is 31.7 Å². The normalized spacial score (nSPS) is 19.4. The summed E-state index contributed by atoms with van der Waals surface area (Å²) in [5.74, 6) is -0.391. The Morgan fingerprint density at radius 1 is 1.45 bits per heavy atom. The SMILES string of the molecule is Cc1cc(C(=O)NCC2CCN(CC(F)(F)F)C2)cc(=O)[nH]1. The minimum atomic E-state index is -4.19. The molecule has 1 fully saturated rings. The predicted octanol–water partition coefficient (Wildman–Crippen LogP) is 1.30. The number of aryl methyl sites for hydroxylation is 1. The molecule has 8 heteroatoms. The number of rotatable bonds is 4. The van der Waals surface area contributed by atoms with Gasteiger partial charge in [0.25, 0.3) is 5.91 Å². The molecule has 1 aromatic heterocycles. The summed E-state index contributed by atoms with van der Waals surface area (Å²) < 4.78 is 36.9. The van der Waals surface area contributed by atoms with Crippen molar-refractivity contribution in [2.45, 2.75) is 19.5 Å². The minimum absolute atomic E-state index is 0.00519. The van der Waals surface area contributed by atoms with Gasteiger partial charge in [-0.25, -0.2) is 0 Å². The second-order valence-corrected chi connectivity index (χ2v) is 5.63. The van der Waals surface area contributed by atoms with E-state index in [1.807, 2.05) is 0 Å². The average molecular weight is 317 g/mol. The van der Waals surface area contributed by atoms with Crippen molar-refractivity contribution in [2.75, 3.05) is 26.2 Å². The lowest BCUT2D eigenvalue weighted by molar-refractivity contribution is -0.143. The highest BCUT2D eigenvalue weighted by Crippen LogP contribution is 2.22. The molecule has 2 heterocycles. The number of halogens is 3. The summed E-state index contributed by atoms with van der Waals surface area (Å²) in [5, 5.41) is 2.68. The van der Waals surface area contributed by atoms with Crippen LogP contribution in [0.25, 0.3) is 0 Å². The number of H-pyrrole nitrogens is 1. The number of alkyl halides is 3. The van der Waals surface area contributed by atoms with Crippen molar-refractivity contribution in [3.8, 4) is 0 Å². The summed E-state index contributed by atoms with van der Waals surface area (Å²) in [7, 11) is 0. The molecule has 2 N–H and O–H groups in total. The number of hydrogen-bond acceptors (Lipinski definition) is 3. The molecule has 5 nitrogen and oxygen atoms in total. The van der Waals surface area contributed by atoms with Crippen LogP contribution in [0.2, 0.25) is 0 Å². The Balaban J connectivity index is 1.83. The van der Waals surface area contributed by atoms with Crippen LogP contribution in [0.4, 0.5) is 13.2 Å². The van der Waals surface area contributed by atoms with Crippen LogP contribution in [0.1, 0.15) is 22.5 Å². The van der Waals surface area contributed by atoms with Gasteiger partial charge in [0.05, 0.1) is 6.54 Å². The largest absolute Gasteiger partial charge is 0.401 e. The Hall–Kier alpha value is -1.83. The maximum absolute atomic E-state index is 12.3. The molecule has 0 bridgehead atoms. The highest BCUT2D eigenvalue weighted by atomic mass is 19.4. The monoisotopic (exact) mass is 317 g/mol. The molecule has 0 aromatic carbocycles. The lowest BCUT2D eigenvalue weighted by atomic mass is 10.1. The molecule has 1 atom stereocenters. The third-order valence-electron chi connectivity index (χ3n) is 3.57. The number of hydrogen-bond donors (Lipinski definition) is 2. The summed E-state index contributed by atoms with van der Waals surface area (Å²) in [6.45, 7) is 1.76. The first-order valence-corrected chi connectivity index (χ1v) is 7.01. The van der Waals surface area contributed by atoms with E-state index < -0.39 is 12.7 Å². The molecule has 0 saturated carbocycles. The van der Waals surface area contributed by atoms with E-state index in [0.717, 1.165) is 0 Å². The third-order valence-corrected chi connectivity index (χ3v) is 3.57. The number of nitrogens with zero attached hydrogens (tertiary/aromatic N) is 1. The highest BCUT2D eigenvalue weighted by Gasteiger charge is 2.34. The number of pyridine rings is 1. The van der Waals surface area contributed by atoms with Crippen molar-refractivity contribution in [1.29, 1.82) is 0 Å². The Bertz CT molecular complexity index is 598. The maximum atomic E-state index is 12.3. The van der Waals surface area contributed by atoms with Crippen molar-refractivity contribution < 1.29 is 18.0 Å². The fraction of sp³-hybridized carbons (Fsp3) is 0.571. The van der Waals surface area contributed by atoms with E-state index in [2.05, 4.69) is 10.3 Å². The summed E-state index contributed by atoms with van der Waals surface area (Å²) in [4.78, 5) is 27.1. The van der Waals surface area contributed by atoms with Crippen LogP contribution in [-0.2, 0) is 0 Å².